The molecule has 2 aromatic rings. The molecule has 5 heteroatoms. The van der Waals surface area contributed by atoms with Crippen molar-refractivity contribution in [3.63, 3.8) is 0 Å². The van der Waals surface area contributed by atoms with Gasteiger partial charge in [0.25, 0.3) is 0 Å². The Labute approximate surface area is 152 Å². The van der Waals surface area contributed by atoms with Gasteiger partial charge in [0, 0.05) is 23.1 Å². The molecule has 0 saturated heterocycles. The Morgan fingerprint density at radius 2 is 1.96 bits per heavy atom. The predicted octanol–water partition coefficient (Wildman–Crippen LogP) is 4.51. The van der Waals surface area contributed by atoms with Gasteiger partial charge in [0.1, 0.15) is 12.0 Å². The molecule has 0 aliphatic carbocycles. The summed E-state index contributed by atoms with van der Waals surface area (Å²) in [5.74, 6) is -0.608. The minimum Gasteiger partial charge on any atom is -0.423 e. The van der Waals surface area contributed by atoms with E-state index in [0.29, 0.717) is 35.1 Å². The van der Waals surface area contributed by atoms with Crippen LogP contribution in [0.5, 0.6) is 5.75 Å². The summed E-state index contributed by atoms with van der Waals surface area (Å²) >= 11 is 5.92. The molecule has 0 amide bonds. The van der Waals surface area contributed by atoms with E-state index in [4.69, 9.17) is 21.1 Å². The molecule has 0 fully saturated rings. The molecule has 0 saturated carbocycles. The first-order chi connectivity index (χ1) is 12.1. The third-order valence-electron chi connectivity index (χ3n) is 3.89. The number of ether oxygens (including phenoxy) is 2. The average molecular weight is 361 g/mol. The number of halogens is 1. The number of para-hydroxylation sites is 1. The zero-order chi connectivity index (χ0) is 18.2. The summed E-state index contributed by atoms with van der Waals surface area (Å²) in [6.07, 6.45) is 0.871. The highest BCUT2D eigenvalue weighted by Crippen LogP contribution is 2.31. The van der Waals surface area contributed by atoms with Crippen LogP contribution in [-0.2, 0) is 9.53 Å². The second kappa shape index (κ2) is 9.35. The number of rotatable bonds is 8. The summed E-state index contributed by atoms with van der Waals surface area (Å²) in [6.45, 7) is 4.88. The normalized spacial score (nSPS) is 13.1. The highest BCUT2D eigenvalue weighted by atomic mass is 35.5. The third-order valence-corrected chi connectivity index (χ3v) is 4.12. The zero-order valence-electron chi connectivity index (χ0n) is 14.3. The molecule has 4 nitrogen and oxygen atoms in total. The summed E-state index contributed by atoms with van der Waals surface area (Å²) in [5.41, 5.74) is 1.02. The minimum absolute atomic E-state index is 0.0385. The van der Waals surface area contributed by atoms with Gasteiger partial charge in [-0.05, 0) is 37.1 Å². The van der Waals surface area contributed by atoms with Crippen LogP contribution in [0.25, 0.3) is 0 Å². The smallest absolute Gasteiger partial charge is 0.343 e. The van der Waals surface area contributed by atoms with Crippen molar-refractivity contribution in [2.75, 3.05) is 13.2 Å². The van der Waals surface area contributed by atoms with Gasteiger partial charge in [-0.1, -0.05) is 42.8 Å². The Balaban J connectivity index is 2.24. The van der Waals surface area contributed by atoms with Gasteiger partial charge in [0.05, 0.1) is 12.2 Å². The summed E-state index contributed by atoms with van der Waals surface area (Å²) in [7, 11) is 0. The number of carbonyl (C=O) groups is 2. The fraction of sp³-hybridized carbons (Fsp3) is 0.300. The molecule has 0 N–H and O–H groups in total. The molecule has 2 rings (SSSR count). The molecule has 2 atom stereocenters. The number of benzene rings is 2. The first-order valence-corrected chi connectivity index (χ1v) is 8.54. The zero-order valence-corrected chi connectivity index (χ0v) is 15.0. The molecule has 0 radical (unpaired) electrons. The standard InChI is InChI=1S/C20H21ClO4/c1-3-24-13-14(2)18(12-22)17-9-4-5-10-19(17)25-20(23)15-7-6-8-16(21)11-15/h4-12,14,18H,3,13H2,1-2H3. The van der Waals surface area contributed by atoms with Gasteiger partial charge in [-0.2, -0.15) is 0 Å². The van der Waals surface area contributed by atoms with Crippen LogP contribution in [0.15, 0.2) is 48.5 Å². The summed E-state index contributed by atoms with van der Waals surface area (Å²) < 4.78 is 10.9. The molecule has 0 bridgehead atoms. The van der Waals surface area contributed by atoms with E-state index in [2.05, 4.69) is 0 Å². The number of esters is 1. The first kappa shape index (κ1) is 19.2. The van der Waals surface area contributed by atoms with Gasteiger partial charge in [0.15, 0.2) is 0 Å². The van der Waals surface area contributed by atoms with E-state index < -0.39 is 11.9 Å². The quantitative estimate of drug-likeness (QED) is 0.394. The molecule has 0 aliphatic heterocycles. The maximum absolute atomic E-state index is 12.4. The van der Waals surface area contributed by atoms with Gasteiger partial charge in [-0.25, -0.2) is 4.79 Å². The third kappa shape index (κ3) is 5.15. The second-order valence-corrected chi connectivity index (χ2v) is 6.17. The van der Waals surface area contributed by atoms with Crippen LogP contribution in [0.4, 0.5) is 0 Å². The van der Waals surface area contributed by atoms with Crippen LogP contribution >= 0.6 is 11.6 Å². The molecule has 2 aromatic carbocycles. The van der Waals surface area contributed by atoms with Crippen LogP contribution < -0.4 is 4.74 Å². The van der Waals surface area contributed by atoms with Gasteiger partial charge in [-0.3, -0.25) is 0 Å². The summed E-state index contributed by atoms with van der Waals surface area (Å²) in [4.78, 5) is 24.0. The van der Waals surface area contributed by atoms with Crippen molar-refractivity contribution < 1.29 is 19.1 Å². The Morgan fingerprint density at radius 3 is 2.64 bits per heavy atom. The molecule has 25 heavy (non-hydrogen) atoms. The van der Waals surface area contributed by atoms with Crippen LogP contribution in [-0.4, -0.2) is 25.5 Å². The van der Waals surface area contributed by atoms with E-state index in [0.717, 1.165) is 6.29 Å². The molecule has 2 unspecified atom stereocenters. The first-order valence-electron chi connectivity index (χ1n) is 8.16. The Morgan fingerprint density at radius 1 is 1.20 bits per heavy atom. The molecular formula is C20H21ClO4. The van der Waals surface area contributed by atoms with Crippen molar-refractivity contribution in [1.82, 2.24) is 0 Å². The fourth-order valence-electron chi connectivity index (χ4n) is 2.54. The van der Waals surface area contributed by atoms with Gasteiger partial charge >= 0.3 is 5.97 Å². The van der Waals surface area contributed by atoms with Crippen LogP contribution in [0.3, 0.4) is 0 Å². The van der Waals surface area contributed by atoms with Gasteiger partial charge < -0.3 is 14.3 Å². The lowest BCUT2D eigenvalue weighted by atomic mass is 9.88. The highest BCUT2D eigenvalue weighted by molar-refractivity contribution is 6.30. The lowest BCUT2D eigenvalue weighted by molar-refractivity contribution is -0.110. The fourth-order valence-corrected chi connectivity index (χ4v) is 2.73. The van der Waals surface area contributed by atoms with E-state index >= 15 is 0 Å². The van der Waals surface area contributed by atoms with Crippen molar-refractivity contribution in [2.45, 2.75) is 19.8 Å². The molecule has 0 spiro atoms. The SMILES string of the molecule is CCOCC(C)C(C=O)c1ccccc1OC(=O)c1cccc(Cl)c1. The van der Waals surface area contributed by atoms with Crippen LogP contribution in [0.1, 0.15) is 35.7 Å². The Kier molecular flexibility index (Phi) is 7.16. The number of hydrogen-bond acceptors (Lipinski definition) is 4. The average Bonchev–Trinajstić information content (AvgIpc) is 2.62. The predicted molar refractivity (Wildman–Crippen MR) is 97.3 cm³/mol. The van der Waals surface area contributed by atoms with Crippen molar-refractivity contribution in [3.8, 4) is 5.75 Å². The number of carbonyl (C=O) groups excluding carboxylic acids is 2. The van der Waals surface area contributed by atoms with E-state index in [1.165, 1.54) is 0 Å². The Hall–Kier alpha value is -2.17. The topological polar surface area (TPSA) is 52.6 Å². The van der Waals surface area contributed by atoms with Gasteiger partial charge in [0.2, 0.25) is 0 Å². The van der Waals surface area contributed by atoms with Crippen molar-refractivity contribution >= 4 is 23.9 Å². The highest BCUT2D eigenvalue weighted by Gasteiger charge is 2.23. The minimum atomic E-state index is -0.517. The Bertz CT molecular complexity index is 729. The molecule has 132 valence electrons. The van der Waals surface area contributed by atoms with E-state index in [-0.39, 0.29) is 5.92 Å². The van der Waals surface area contributed by atoms with E-state index in [9.17, 15) is 9.59 Å². The van der Waals surface area contributed by atoms with Crippen molar-refractivity contribution in [3.05, 3.63) is 64.7 Å². The molecule has 0 heterocycles. The molecular weight excluding hydrogens is 340 g/mol. The lowest BCUT2D eigenvalue weighted by Gasteiger charge is -2.21. The summed E-state index contributed by atoms with van der Waals surface area (Å²) in [5, 5.41) is 0.457. The summed E-state index contributed by atoms with van der Waals surface area (Å²) in [6, 6.07) is 13.6. The van der Waals surface area contributed by atoms with Crippen molar-refractivity contribution in [1.29, 1.82) is 0 Å². The van der Waals surface area contributed by atoms with E-state index in [1.54, 1.807) is 42.5 Å². The largest absolute Gasteiger partial charge is 0.423 e. The van der Waals surface area contributed by atoms with Crippen molar-refractivity contribution in [2.24, 2.45) is 5.92 Å². The number of hydrogen-bond donors (Lipinski definition) is 0. The lowest BCUT2D eigenvalue weighted by Crippen LogP contribution is -2.19. The monoisotopic (exact) mass is 360 g/mol. The van der Waals surface area contributed by atoms with Crippen LogP contribution in [0, 0.1) is 5.92 Å². The maximum Gasteiger partial charge on any atom is 0.343 e. The van der Waals surface area contributed by atoms with Gasteiger partial charge in [-0.15, -0.1) is 0 Å². The maximum atomic E-state index is 12.4. The van der Waals surface area contributed by atoms with Crippen LogP contribution in [0.2, 0.25) is 5.02 Å². The second-order valence-electron chi connectivity index (χ2n) is 5.74. The molecule has 0 aromatic heterocycles. The van der Waals surface area contributed by atoms with E-state index in [1.807, 2.05) is 19.9 Å². The molecule has 0 aliphatic rings. The number of aldehydes is 1.